The highest BCUT2D eigenvalue weighted by atomic mass is 16.5. The van der Waals surface area contributed by atoms with Gasteiger partial charge in [-0.1, -0.05) is 5.21 Å². The number of nitrogens with zero attached hydrogens (tertiary/aromatic N) is 3. The topological polar surface area (TPSA) is 133 Å². The van der Waals surface area contributed by atoms with Crippen LogP contribution in [0, 0.1) is 0 Å². The number of carbonyl (C=O) groups excluding carboxylic acids is 1. The number of carbonyl (C=O) groups is 2. The van der Waals surface area contributed by atoms with Crippen molar-refractivity contribution in [3.8, 4) is 0 Å². The fraction of sp³-hybridized carbons (Fsp3) is 0.273. The summed E-state index contributed by atoms with van der Waals surface area (Å²) < 4.78 is 11.1. The lowest BCUT2D eigenvalue weighted by molar-refractivity contribution is 0.0520. The molecule has 0 radical (unpaired) electrons. The molecule has 0 spiro atoms. The fourth-order valence-corrected chi connectivity index (χ4v) is 1.51. The lowest BCUT2D eigenvalue weighted by Gasteiger charge is -2.01. The molecule has 0 unspecified atom stereocenters. The van der Waals surface area contributed by atoms with Gasteiger partial charge in [0.15, 0.2) is 5.82 Å². The Morgan fingerprint density at radius 3 is 2.85 bits per heavy atom. The third-order valence-electron chi connectivity index (χ3n) is 2.42. The van der Waals surface area contributed by atoms with Crippen LogP contribution in [0.4, 0.5) is 5.82 Å². The first-order valence-corrected chi connectivity index (χ1v) is 5.71. The van der Waals surface area contributed by atoms with Crippen molar-refractivity contribution in [1.29, 1.82) is 0 Å². The molecule has 0 amide bonds. The first kappa shape index (κ1) is 13.6. The average molecular weight is 280 g/mol. The van der Waals surface area contributed by atoms with Crippen LogP contribution in [0.25, 0.3) is 0 Å². The van der Waals surface area contributed by atoms with Crippen LogP contribution in [0.3, 0.4) is 0 Å². The number of esters is 1. The predicted molar refractivity (Wildman–Crippen MR) is 65.2 cm³/mol. The highest BCUT2D eigenvalue weighted by Gasteiger charge is 2.19. The summed E-state index contributed by atoms with van der Waals surface area (Å²) in [5.41, 5.74) is 5.64. The molecule has 0 saturated carbocycles. The molecular formula is C11H12N4O5. The molecule has 9 nitrogen and oxygen atoms in total. The molecule has 106 valence electrons. The van der Waals surface area contributed by atoms with E-state index in [1.165, 1.54) is 16.8 Å². The van der Waals surface area contributed by atoms with E-state index in [1.807, 2.05) is 0 Å². The molecule has 0 aliphatic rings. The second kappa shape index (κ2) is 5.43. The van der Waals surface area contributed by atoms with Crippen LogP contribution in [-0.2, 0) is 11.3 Å². The van der Waals surface area contributed by atoms with Gasteiger partial charge < -0.3 is 20.0 Å². The van der Waals surface area contributed by atoms with Gasteiger partial charge in [-0.2, -0.15) is 0 Å². The Morgan fingerprint density at radius 2 is 2.25 bits per heavy atom. The standard InChI is InChI=1S/C11H12N4O5/c1-2-19-11(18)8-9(12)15(14-13-8)5-6-3-4-7(20-6)10(16)17/h3-4H,2,5,12H2,1H3,(H,16,17). The highest BCUT2D eigenvalue weighted by Crippen LogP contribution is 2.14. The molecule has 2 heterocycles. The van der Waals surface area contributed by atoms with Crippen molar-refractivity contribution >= 4 is 17.8 Å². The van der Waals surface area contributed by atoms with E-state index in [0.717, 1.165) is 0 Å². The van der Waals surface area contributed by atoms with E-state index in [1.54, 1.807) is 6.92 Å². The zero-order chi connectivity index (χ0) is 14.7. The van der Waals surface area contributed by atoms with E-state index in [4.69, 9.17) is 20.0 Å². The number of hydrogen-bond donors (Lipinski definition) is 2. The minimum absolute atomic E-state index is 0.0247. The summed E-state index contributed by atoms with van der Waals surface area (Å²) in [4.78, 5) is 22.2. The number of rotatable bonds is 5. The molecular weight excluding hydrogens is 268 g/mol. The third kappa shape index (κ3) is 2.60. The van der Waals surface area contributed by atoms with Gasteiger partial charge in [-0.15, -0.1) is 5.10 Å². The van der Waals surface area contributed by atoms with Crippen LogP contribution in [0.2, 0.25) is 0 Å². The third-order valence-corrected chi connectivity index (χ3v) is 2.42. The number of nitrogen functional groups attached to an aromatic ring is 1. The number of ether oxygens (including phenoxy) is 1. The lowest BCUT2D eigenvalue weighted by Crippen LogP contribution is -2.10. The van der Waals surface area contributed by atoms with E-state index in [-0.39, 0.29) is 30.4 Å². The van der Waals surface area contributed by atoms with Crippen LogP contribution in [-0.4, -0.2) is 38.6 Å². The Labute approximate surface area is 112 Å². The number of hydrogen-bond acceptors (Lipinski definition) is 7. The van der Waals surface area contributed by atoms with Crippen LogP contribution in [0.15, 0.2) is 16.5 Å². The maximum absolute atomic E-state index is 11.5. The Hall–Kier alpha value is -2.84. The van der Waals surface area contributed by atoms with Crippen molar-refractivity contribution in [2.75, 3.05) is 12.3 Å². The molecule has 0 aliphatic carbocycles. The maximum atomic E-state index is 11.5. The molecule has 0 atom stereocenters. The molecule has 0 fully saturated rings. The Bertz CT molecular complexity index is 645. The first-order chi connectivity index (χ1) is 9.52. The molecule has 9 heteroatoms. The van der Waals surface area contributed by atoms with Crippen LogP contribution >= 0.6 is 0 Å². The Balaban J connectivity index is 2.17. The van der Waals surface area contributed by atoms with Gasteiger partial charge in [0.1, 0.15) is 12.3 Å². The largest absolute Gasteiger partial charge is 0.475 e. The number of carboxylic acid groups (broad SMARTS) is 1. The Morgan fingerprint density at radius 1 is 1.50 bits per heavy atom. The SMILES string of the molecule is CCOC(=O)c1nnn(Cc2ccc(C(=O)O)o2)c1N. The number of aromatic carboxylic acids is 1. The highest BCUT2D eigenvalue weighted by molar-refractivity contribution is 5.91. The lowest BCUT2D eigenvalue weighted by atomic mass is 10.4. The Kier molecular flexibility index (Phi) is 3.69. The summed E-state index contributed by atoms with van der Waals surface area (Å²) >= 11 is 0. The minimum Gasteiger partial charge on any atom is -0.475 e. The quantitative estimate of drug-likeness (QED) is 0.750. The number of carboxylic acids is 1. The van der Waals surface area contributed by atoms with E-state index in [9.17, 15) is 9.59 Å². The van der Waals surface area contributed by atoms with Gasteiger partial charge in [0.25, 0.3) is 0 Å². The van der Waals surface area contributed by atoms with Crippen molar-refractivity contribution in [3.05, 3.63) is 29.3 Å². The number of nitrogens with two attached hydrogens (primary N) is 1. The van der Waals surface area contributed by atoms with Crippen molar-refractivity contribution in [3.63, 3.8) is 0 Å². The minimum atomic E-state index is -1.17. The van der Waals surface area contributed by atoms with E-state index in [2.05, 4.69) is 10.3 Å². The predicted octanol–water partition coefficient (Wildman–Crippen LogP) is 0.376. The molecule has 0 bridgehead atoms. The summed E-state index contributed by atoms with van der Waals surface area (Å²) in [6.07, 6.45) is 0. The summed E-state index contributed by atoms with van der Waals surface area (Å²) in [6, 6.07) is 2.80. The molecule has 0 aromatic carbocycles. The first-order valence-electron chi connectivity index (χ1n) is 5.71. The van der Waals surface area contributed by atoms with Gasteiger partial charge in [-0.3, -0.25) is 0 Å². The molecule has 2 rings (SSSR count). The second-order valence-corrected chi connectivity index (χ2v) is 3.77. The van der Waals surface area contributed by atoms with Gasteiger partial charge in [0, 0.05) is 0 Å². The summed E-state index contributed by atoms with van der Waals surface area (Å²) in [7, 11) is 0. The number of anilines is 1. The molecule has 0 aliphatic heterocycles. The van der Waals surface area contributed by atoms with E-state index >= 15 is 0 Å². The molecule has 20 heavy (non-hydrogen) atoms. The van der Waals surface area contributed by atoms with Gasteiger partial charge >= 0.3 is 11.9 Å². The fourth-order valence-electron chi connectivity index (χ4n) is 1.51. The molecule has 2 aromatic heterocycles. The smallest absolute Gasteiger partial charge is 0.371 e. The van der Waals surface area contributed by atoms with Crippen molar-refractivity contribution in [2.24, 2.45) is 0 Å². The van der Waals surface area contributed by atoms with Crippen molar-refractivity contribution < 1.29 is 23.8 Å². The maximum Gasteiger partial charge on any atom is 0.371 e. The van der Waals surface area contributed by atoms with Crippen molar-refractivity contribution in [2.45, 2.75) is 13.5 Å². The number of furan rings is 1. The van der Waals surface area contributed by atoms with Crippen LogP contribution < -0.4 is 5.73 Å². The molecule has 3 N–H and O–H groups in total. The van der Waals surface area contributed by atoms with Gasteiger partial charge in [-0.25, -0.2) is 14.3 Å². The average Bonchev–Trinajstić information content (AvgIpc) is 2.99. The van der Waals surface area contributed by atoms with E-state index in [0.29, 0.717) is 5.76 Å². The monoisotopic (exact) mass is 280 g/mol. The second-order valence-electron chi connectivity index (χ2n) is 3.77. The summed E-state index contributed by atoms with van der Waals surface area (Å²) in [5, 5.41) is 16.1. The number of aromatic nitrogens is 3. The summed E-state index contributed by atoms with van der Waals surface area (Å²) in [6.45, 7) is 1.92. The van der Waals surface area contributed by atoms with Gasteiger partial charge in [0.2, 0.25) is 11.5 Å². The zero-order valence-electron chi connectivity index (χ0n) is 10.6. The van der Waals surface area contributed by atoms with Gasteiger partial charge in [-0.05, 0) is 19.1 Å². The van der Waals surface area contributed by atoms with Gasteiger partial charge in [0.05, 0.1) is 6.61 Å². The normalized spacial score (nSPS) is 10.4. The van der Waals surface area contributed by atoms with Crippen LogP contribution in [0.1, 0.15) is 33.7 Å². The van der Waals surface area contributed by atoms with Crippen molar-refractivity contribution in [1.82, 2.24) is 15.0 Å². The molecule has 0 saturated heterocycles. The zero-order valence-corrected chi connectivity index (χ0v) is 10.6. The summed E-state index contributed by atoms with van der Waals surface area (Å²) in [5.74, 6) is -1.67. The molecule has 2 aromatic rings. The van der Waals surface area contributed by atoms with Crippen LogP contribution in [0.5, 0.6) is 0 Å². The van der Waals surface area contributed by atoms with E-state index < -0.39 is 11.9 Å².